The van der Waals surface area contributed by atoms with Gasteiger partial charge in [-0.05, 0) is 29.8 Å². The standard InChI is InChI=1S/C22H17F3N2O3/c23-21(24,25)22(29-18-13-7-8-14-19(18)30-22)26-20(28)27(17-11-5-2-6-12-17)15-16-9-3-1-4-10-16/h1-14H,15H2,(H,26,28). The lowest BCUT2D eigenvalue weighted by Gasteiger charge is -2.32. The molecule has 0 radical (unpaired) electrons. The number of rotatable bonds is 4. The van der Waals surface area contributed by atoms with Crippen molar-refractivity contribution >= 4 is 11.7 Å². The molecule has 0 unspecified atom stereocenters. The molecule has 0 spiro atoms. The van der Waals surface area contributed by atoms with E-state index in [9.17, 15) is 18.0 Å². The lowest BCUT2D eigenvalue weighted by Crippen LogP contribution is -2.66. The molecule has 0 fully saturated rings. The Bertz CT molecular complexity index is 1000. The van der Waals surface area contributed by atoms with Crippen LogP contribution in [-0.2, 0) is 6.54 Å². The average Bonchev–Trinajstić information content (AvgIpc) is 3.13. The number of urea groups is 1. The minimum Gasteiger partial charge on any atom is -0.424 e. The number of anilines is 1. The Balaban J connectivity index is 1.65. The second kappa shape index (κ2) is 7.62. The van der Waals surface area contributed by atoms with Gasteiger partial charge in [0.1, 0.15) is 0 Å². The van der Waals surface area contributed by atoms with Crippen LogP contribution < -0.4 is 19.7 Å². The maximum Gasteiger partial charge on any atom is 0.492 e. The summed E-state index contributed by atoms with van der Waals surface area (Å²) in [5, 5.41) is 1.92. The van der Waals surface area contributed by atoms with E-state index in [1.165, 1.54) is 29.2 Å². The monoisotopic (exact) mass is 414 g/mol. The van der Waals surface area contributed by atoms with E-state index in [0.717, 1.165) is 5.56 Å². The fraction of sp³-hybridized carbons (Fsp3) is 0.136. The van der Waals surface area contributed by atoms with E-state index in [4.69, 9.17) is 9.47 Å². The SMILES string of the molecule is O=C(NC1(C(F)(F)F)Oc2ccccc2O1)N(Cc1ccccc1)c1ccccc1. The maximum absolute atomic E-state index is 14.0. The number of halogens is 3. The third kappa shape index (κ3) is 3.76. The summed E-state index contributed by atoms with van der Waals surface area (Å²) >= 11 is 0. The molecular formula is C22H17F3N2O3. The van der Waals surface area contributed by atoms with Crippen LogP contribution in [0.4, 0.5) is 23.7 Å². The molecule has 1 aliphatic heterocycles. The zero-order valence-corrected chi connectivity index (χ0v) is 15.6. The van der Waals surface area contributed by atoms with Gasteiger partial charge in [0.05, 0.1) is 6.54 Å². The van der Waals surface area contributed by atoms with Crippen LogP contribution >= 0.6 is 0 Å². The van der Waals surface area contributed by atoms with Crippen molar-refractivity contribution in [2.75, 3.05) is 4.90 Å². The molecule has 0 saturated carbocycles. The molecule has 0 bridgehead atoms. The minimum atomic E-state index is -5.03. The number of hydrogen-bond donors (Lipinski definition) is 1. The van der Waals surface area contributed by atoms with Gasteiger partial charge in [-0.15, -0.1) is 0 Å². The number of benzene rings is 3. The number of alkyl halides is 3. The maximum atomic E-state index is 14.0. The van der Waals surface area contributed by atoms with Gasteiger partial charge in [0.15, 0.2) is 11.5 Å². The molecule has 2 amide bonds. The number of fused-ring (bicyclic) bond motifs is 1. The van der Waals surface area contributed by atoms with Gasteiger partial charge in [0.25, 0.3) is 0 Å². The molecule has 1 N–H and O–H groups in total. The molecule has 0 saturated heterocycles. The average molecular weight is 414 g/mol. The topological polar surface area (TPSA) is 50.8 Å². The predicted octanol–water partition coefficient (Wildman–Crippen LogP) is 5.09. The molecule has 8 heteroatoms. The zero-order valence-electron chi connectivity index (χ0n) is 15.6. The van der Waals surface area contributed by atoms with Crippen molar-refractivity contribution in [3.8, 4) is 11.5 Å². The van der Waals surface area contributed by atoms with Gasteiger partial charge < -0.3 is 9.47 Å². The van der Waals surface area contributed by atoms with E-state index in [0.29, 0.717) is 5.69 Å². The second-order valence-corrected chi connectivity index (χ2v) is 6.60. The first kappa shape index (κ1) is 19.6. The first-order valence-electron chi connectivity index (χ1n) is 9.10. The van der Waals surface area contributed by atoms with E-state index >= 15 is 0 Å². The molecule has 3 aromatic rings. The summed E-state index contributed by atoms with van der Waals surface area (Å²) in [6, 6.07) is 22.0. The zero-order chi connectivity index (χ0) is 21.2. The Labute approximate surface area is 170 Å². The number of nitrogens with one attached hydrogen (secondary N) is 1. The molecule has 30 heavy (non-hydrogen) atoms. The lowest BCUT2D eigenvalue weighted by molar-refractivity contribution is -0.317. The number of hydrogen-bond acceptors (Lipinski definition) is 3. The van der Waals surface area contributed by atoms with Gasteiger partial charge in [-0.1, -0.05) is 60.7 Å². The highest BCUT2D eigenvalue weighted by molar-refractivity contribution is 5.92. The molecule has 3 aromatic carbocycles. The van der Waals surface area contributed by atoms with Crippen LogP contribution in [0.2, 0.25) is 0 Å². The smallest absolute Gasteiger partial charge is 0.424 e. The minimum absolute atomic E-state index is 0.0531. The van der Waals surface area contributed by atoms with Crippen LogP contribution in [0.25, 0.3) is 0 Å². The van der Waals surface area contributed by atoms with E-state index in [1.807, 2.05) is 11.4 Å². The predicted molar refractivity (Wildman–Crippen MR) is 104 cm³/mol. The second-order valence-electron chi connectivity index (χ2n) is 6.60. The summed E-state index contributed by atoms with van der Waals surface area (Å²) in [6.45, 7) is 0.0531. The Morgan fingerprint density at radius 2 is 1.33 bits per heavy atom. The van der Waals surface area contributed by atoms with Crippen LogP contribution in [0.15, 0.2) is 84.9 Å². The van der Waals surface area contributed by atoms with Gasteiger partial charge in [0, 0.05) is 5.69 Å². The van der Waals surface area contributed by atoms with Crippen molar-refractivity contribution in [2.45, 2.75) is 18.6 Å². The molecular weight excluding hydrogens is 397 g/mol. The van der Waals surface area contributed by atoms with Crippen LogP contribution in [0, 0.1) is 0 Å². The van der Waals surface area contributed by atoms with Gasteiger partial charge >= 0.3 is 18.1 Å². The third-order valence-corrected chi connectivity index (χ3v) is 4.50. The number of nitrogens with zero attached hydrogens (tertiary/aromatic N) is 1. The van der Waals surface area contributed by atoms with E-state index < -0.39 is 18.1 Å². The highest BCUT2D eigenvalue weighted by Crippen LogP contribution is 2.45. The molecule has 1 aliphatic rings. The highest BCUT2D eigenvalue weighted by Gasteiger charge is 2.66. The Hall–Kier alpha value is -3.68. The number of amides is 2. The van der Waals surface area contributed by atoms with E-state index in [1.54, 1.807) is 54.6 Å². The van der Waals surface area contributed by atoms with Crippen molar-refractivity contribution in [3.05, 3.63) is 90.5 Å². The van der Waals surface area contributed by atoms with Crippen LogP contribution in [0.1, 0.15) is 5.56 Å². The normalized spacial score (nSPS) is 14.2. The molecule has 0 atom stereocenters. The Morgan fingerprint density at radius 1 is 0.833 bits per heavy atom. The van der Waals surface area contributed by atoms with E-state index in [2.05, 4.69) is 0 Å². The van der Waals surface area contributed by atoms with Crippen molar-refractivity contribution < 1.29 is 27.4 Å². The molecule has 5 nitrogen and oxygen atoms in total. The van der Waals surface area contributed by atoms with Gasteiger partial charge in [-0.3, -0.25) is 10.2 Å². The van der Waals surface area contributed by atoms with Crippen LogP contribution in [0.5, 0.6) is 11.5 Å². The van der Waals surface area contributed by atoms with Crippen LogP contribution in [-0.4, -0.2) is 18.1 Å². The number of carbonyl (C=O) groups is 1. The number of ether oxygens (including phenoxy) is 2. The largest absolute Gasteiger partial charge is 0.492 e. The van der Waals surface area contributed by atoms with Gasteiger partial charge in [-0.25, -0.2) is 4.79 Å². The van der Waals surface area contributed by atoms with Crippen molar-refractivity contribution in [1.29, 1.82) is 0 Å². The number of para-hydroxylation sites is 3. The van der Waals surface area contributed by atoms with Gasteiger partial charge in [-0.2, -0.15) is 13.2 Å². The summed E-state index contributed by atoms with van der Waals surface area (Å²) in [5.74, 6) is -3.54. The first-order valence-corrected chi connectivity index (χ1v) is 9.10. The Morgan fingerprint density at radius 3 is 1.87 bits per heavy atom. The summed E-state index contributed by atoms with van der Waals surface area (Å²) < 4.78 is 52.0. The van der Waals surface area contributed by atoms with Gasteiger partial charge in [0.2, 0.25) is 0 Å². The molecule has 4 rings (SSSR count). The molecule has 0 aliphatic carbocycles. The number of carbonyl (C=O) groups excluding carboxylic acids is 1. The molecule has 0 aromatic heterocycles. The lowest BCUT2D eigenvalue weighted by atomic mass is 10.2. The van der Waals surface area contributed by atoms with Crippen molar-refractivity contribution in [1.82, 2.24) is 5.32 Å². The molecule has 1 heterocycles. The Kier molecular flexibility index (Phi) is 4.99. The van der Waals surface area contributed by atoms with Crippen molar-refractivity contribution in [2.24, 2.45) is 0 Å². The fourth-order valence-corrected chi connectivity index (χ4v) is 3.05. The summed E-state index contributed by atoms with van der Waals surface area (Å²) in [5.41, 5.74) is 1.17. The van der Waals surface area contributed by atoms with Crippen molar-refractivity contribution in [3.63, 3.8) is 0 Å². The third-order valence-electron chi connectivity index (χ3n) is 4.50. The fourth-order valence-electron chi connectivity index (χ4n) is 3.05. The van der Waals surface area contributed by atoms with Crippen LogP contribution in [0.3, 0.4) is 0 Å². The quantitative estimate of drug-likeness (QED) is 0.647. The first-order chi connectivity index (χ1) is 14.4. The molecule has 154 valence electrons. The summed E-state index contributed by atoms with van der Waals surface area (Å²) in [6.07, 6.45) is -5.03. The summed E-state index contributed by atoms with van der Waals surface area (Å²) in [7, 11) is 0. The van der Waals surface area contributed by atoms with E-state index in [-0.39, 0.29) is 18.0 Å². The summed E-state index contributed by atoms with van der Waals surface area (Å²) in [4.78, 5) is 14.3. The highest BCUT2D eigenvalue weighted by atomic mass is 19.4.